The third-order valence-corrected chi connectivity index (χ3v) is 9.02. The predicted octanol–water partition coefficient (Wildman–Crippen LogP) is 7.92. The smallest absolute Gasteiger partial charge is 0.123 e. The molecule has 0 nitrogen and oxygen atoms in total. The summed E-state index contributed by atoms with van der Waals surface area (Å²) in [6, 6.07) is 18.5. The van der Waals surface area contributed by atoms with E-state index in [-0.39, 0.29) is 29.7 Å². The van der Waals surface area contributed by atoms with E-state index >= 15 is 0 Å². The van der Waals surface area contributed by atoms with Crippen molar-refractivity contribution in [2.24, 2.45) is 0 Å². The van der Waals surface area contributed by atoms with Crippen molar-refractivity contribution in [3.05, 3.63) is 113 Å². The number of hydrogen-bond acceptors (Lipinski definition) is 0. The molecular weight excluding hydrogens is 396 g/mol. The molecule has 0 bridgehead atoms. The van der Waals surface area contributed by atoms with Crippen molar-refractivity contribution in [1.29, 1.82) is 0 Å². The van der Waals surface area contributed by atoms with E-state index in [0.717, 1.165) is 19.6 Å². The van der Waals surface area contributed by atoms with Crippen molar-refractivity contribution in [1.82, 2.24) is 0 Å². The molecule has 29 heavy (non-hydrogen) atoms. The predicted molar refractivity (Wildman–Crippen MR) is 108 cm³/mol. The second-order valence-electron chi connectivity index (χ2n) is 6.72. The maximum absolute atomic E-state index is 13.8. The van der Waals surface area contributed by atoms with Gasteiger partial charge in [-0.2, -0.15) is 0 Å². The zero-order chi connectivity index (χ0) is 20.4. The molecule has 1 aliphatic carbocycles. The van der Waals surface area contributed by atoms with Crippen LogP contribution in [0.25, 0.3) is 0 Å². The Morgan fingerprint density at radius 3 is 1.17 bits per heavy atom. The minimum absolute atomic E-state index is 0.209. The number of benzene rings is 3. The van der Waals surface area contributed by atoms with Gasteiger partial charge in [0.1, 0.15) is 23.3 Å². The summed E-state index contributed by atoms with van der Waals surface area (Å²) in [6.07, 6.45) is 3.91. The first kappa shape index (κ1) is 19.5. The van der Waals surface area contributed by atoms with Crippen LogP contribution in [0.15, 0.2) is 110 Å². The summed E-state index contributed by atoms with van der Waals surface area (Å²) >= 11 is 0. The van der Waals surface area contributed by atoms with Crippen molar-refractivity contribution >= 4 is 10.0 Å². The monoisotopic (exact) mass is 414 g/mol. The first-order valence-electron chi connectivity index (χ1n) is 9.15. The molecule has 0 saturated carbocycles. The molecule has 0 fully saturated rings. The van der Waals surface area contributed by atoms with Crippen LogP contribution in [-0.2, 0) is 0 Å². The maximum Gasteiger partial charge on any atom is 0.123 e. The minimum atomic E-state index is -2.16. The molecule has 4 rings (SSSR count). The fourth-order valence-corrected chi connectivity index (χ4v) is 7.66. The Labute approximate surface area is 168 Å². The highest BCUT2D eigenvalue weighted by Crippen LogP contribution is 2.74. The summed E-state index contributed by atoms with van der Waals surface area (Å²) in [6.45, 7) is 0. The molecule has 0 amide bonds. The highest BCUT2D eigenvalue weighted by atomic mass is 32.3. The van der Waals surface area contributed by atoms with Gasteiger partial charge in [-0.1, -0.05) is 6.08 Å². The van der Waals surface area contributed by atoms with Gasteiger partial charge in [0.2, 0.25) is 0 Å². The molecule has 0 radical (unpaired) electrons. The Hall–Kier alpha value is -2.79. The van der Waals surface area contributed by atoms with Gasteiger partial charge >= 0.3 is 0 Å². The summed E-state index contributed by atoms with van der Waals surface area (Å²) in [5.41, 5.74) is 0. The van der Waals surface area contributed by atoms with Gasteiger partial charge in [0.05, 0.1) is 0 Å². The molecule has 0 spiro atoms. The van der Waals surface area contributed by atoms with Gasteiger partial charge in [0.25, 0.3) is 0 Å². The first-order chi connectivity index (χ1) is 14.0. The van der Waals surface area contributed by atoms with E-state index in [9.17, 15) is 17.6 Å². The van der Waals surface area contributed by atoms with Crippen molar-refractivity contribution < 1.29 is 17.6 Å². The third-order valence-electron chi connectivity index (χ3n) is 4.96. The lowest BCUT2D eigenvalue weighted by Gasteiger charge is -2.44. The Kier molecular flexibility index (Phi) is 5.33. The fourth-order valence-electron chi connectivity index (χ4n) is 3.63. The van der Waals surface area contributed by atoms with Gasteiger partial charge in [-0.15, -0.1) is 10.0 Å². The molecule has 3 aromatic rings. The molecule has 1 aliphatic rings. The zero-order valence-electron chi connectivity index (χ0n) is 15.4. The normalized spacial score (nSPS) is 14.9. The second-order valence-corrected chi connectivity index (χ2v) is 9.88. The van der Waals surface area contributed by atoms with Gasteiger partial charge in [-0.05, 0) is 90.2 Å². The van der Waals surface area contributed by atoms with Crippen LogP contribution < -0.4 is 0 Å². The number of allylic oxidation sites excluding steroid dienone is 4. The molecule has 0 aromatic heterocycles. The first-order valence-corrected chi connectivity index (χ1v) is 10.8. The minimum Gasteiger partial charge on any atom is -0.212 e. The summed E-state index contributed by atoms with van der Waals surface area (Å²) in [5.74, 6) is -1.32. The molecule has 0 saturated heterocycles. The second kappa shape index (κ2) is 7.91. The maximum atomic E-state index is 13.8. The van der Waals surface area contributed by atoms with Crippen LogP contribution >= 0.6 is 10.0 Å². The lowest BCUT2D eigenvalue weighted by Crippen LogP contribution is -2.09. The van der Waals surface area contributed by atoms with Crippen LogP contribution in [0.3, 0.4) is 0 Å². The zero-order valence-corrected chi connectivity index (χ0v) is 16.2. The lowest BCUT2D eigenvalue weighted by molar-refractivity contribution is 0.586. The fraction of sp³-hybridized carbons (Fsp3) is 0.0833. The molecule has 0 N–H and O–H groups in total. The summed E-state index contributed by atoms with van der Waals surface area (Å²) in [7, 11) is -2.16. The number of hydrogen-bond donors (Lipinski definition) is 0. The Morgan fingerprint density at radius 2 is 0.862 bits per heavy atom. The Balaban J connectivity index is 2.08. The quantitative estimate of drug-likeness (QED) is 0.380. The van der Waals surface area contributed by atoms with Crippen molar-refractivity contribution in [3.63, 3.8) is 0 Å². The topological polar surface area (TPSA) is 0 Å². The van der Waals surface area contributed by atoms with Crippen molar-refractivity contribution in [3.8, 4) is 0 Å². The van der Waals surface area contributed by atoms with Gasteiger partial charge < -0.3 is 0 Å². The molecule has 0 aliphatic heterocycles. The Bertz CT molecular complexity index is 954. The van der Waals surface area contributed by atoms with Crippen LogP contribution in [0.5, 0.6) is 0 Å². The van der Waals surface area contributed by atoms with Crippen LogP contribution in [0.1, 0.15) is 12.8 Å². The van der Waals surface area contributed by atoms with Gasteiger partial charge in [-0.25, -0.2) is 17.6 Å². The van der Waals surface area contributed by atoms with Crippen LogP contribution in [0.4, 0.5) is 17.6 Å². The van der Waals surface area contributed by atoms with Crippen LogP contribution in [0, 0.1) is 17.5 Å². The SMILES string of the molecule is FC1=CC=C(S(c2ccc(F)cc2)(c2ccc(F)cc2)c2ccc(F)cc2)CC1. The molecule has 0 unspecified atom stereocenters. The van der Waals surface area contributed by atoms with Crippen LogP contribution in [-0.4, -0.2) is 0 Å². The average Bonchev–Trinajstić information content (AvgIpc) is 2.73. The number of rotatable bonds is 4. The van der Waals surface area contributed by atoms with Gasteiger partial charge in [0, 0.05) is 21.1 Å². The number of halogens is 4. The highest BCUT2D eigenvalue weighted by Gasteiger charge is 2.35. The average molecular weight is 414 g/mol. The van der Waals surface area contributed by atoms with Crippen molar-refractivity contribution in [2.75, 3.05) is 0 Å². The van der Waals surface area contributed by atoms with E-state index < -0.39 is 10.0 Å². The van der Waals surface area contributed by atoms with E-state index in [4.69, 9.17) is 0 Å². The summed E-state index contributed by atoms with van der Waals surface area (Å²) in [4.78, 5) is 3.40. The van der Waals surface area contributed by atoms with E-state index in [1.807, 2.05) is 0 Å². The van der Waals surface area contributed by atoms with Gasteiger partial charge in [-0.3, -0.25) is 0 Å². The lowest BCUT2D eigenvalue weighted by atomic mass is 10.2. The molecule has 148 valence electrons. The highest BCUT2D eigenvalue weighted by molar-refractivity contribution is 8.37. The van der Waals surface area contributed by atoms with Crippen molar-refractivity contribution in [2.45, 2.75) is 27.5 Å². The standard InChI is InChI=1S/C24H18F4S/c25-17-1-9-21(10-2-17)29(22-11-3-18(26)4-12-22,23-13-5-19(27)6-14-23)24-15-7-20(28)8-16-24/h1-7,9-15H,8,16H2. The molecule has 0 atom stereocenters. The molecule has 0 heterocycles. The largest absolute Gasteiger partial charge is 0.212 e. The summed E-state index contributed by atoms with van der Waals surface area (Å²) < 4.78 is 54.9. The molecule has 5 heteroatoms. The van der Waals surface area contributed by atoms with E-state index in [1.165, 1.54) is 42.5 Å². The van der Waals surface area contributed by atoms with Crippen LogP contribution in [0.2, 0.25) is 0 Å². The molecular formula is C24H18F4S. The molecule has 3 aromatic carbocycles. The Morgan fingerprint density at radius 1 is 0.483 bits per heavy atom. The van der Waals surface area contributed by atoms with E-state index in [0.29, 0.717) is 6.42 Å². The third kappa shape index (κ3) is 3.62. The van der Waals surface area contributed by atoms with E-state index in [2.05, 4.69) is 0 Å². The van der Waals surface area contributed by atoms with E-state index in [1.54, 1.807) is 42.5 Å². The van der Waals surface area contributed by atoms with Gasteiger partial charge in [0.15, 0.2) is 0 Å². The summed E-state index contributed by atoms with van der Waals surface area (Å²) in [5, 5.41) is 0.